The van der Waals surface area contributed by atoms with E-state index >= 15 is 0 Å². The van der Waals surface area contributed by atoms with Crippen LogP contribution in [0.3, 0.4) is 0 Å². The Morgan fingerprint density at radius 3 is 2.57 bits per heavy atom. The highest BCUT2D eigenvalue weighted by Crippen LogP contribution is 2.36. The van der Waals surface area contributed by atoms with Crippen molar-refractivity contribution in [1.82, 2.24) is 4.31 Å². The third-order valence-corrected chi connectivity index (χ3v) is 6.37. The summed E-state index contributed by atoms with van der Waals surface area (Å²) < 4.78 is 32.7. The maximum atomic E-state index is 12.8. The van der Waals surface area contributed by atoms with Crippen molar-refractivity contribution < 1.29 is 23.1 Å². The maximum Gasteiger partial charge on any atom is 0.306 e. The Bertz CT molecular complexity index is 733. The molecule has 1 aromatic rings. The van der Waals surface area contributed by atoms with Crippen molar-refractivity contribution in [2.75, 3.05) is 13.1 Å². The average Bonchev–Trinajstić information content (AvgIpc) is 2.80. The highest BCUT2D eigenvalue weighted by Gasteiger charge is 2.34. The van der Waals surface area contributed by atoms with Gasteiger partial charge in [0.15, 0.2) is 0 Å². The summed E-state index contributed by atoms with van der Waals surface area (Å²) in [6.45, 7) is 4.44. The van der Waals surface area contributed by atoms with Gasteiger partial charge in [-0.15, -0.1) is 0 Å². The van der Waals surface area contributed by atoms with E-state index in [0.717, 1.165) is 11.3 Å². The molecule has 2 aliphatic rings. The van der Waals surface area contributed by atoms with Crippen LogP contribution in [-0.2, 0) is 21.2 Å². The monoisotopic (exact) mass is 339 g/mol. The summed E-state index contributed by atoms with van der Waals surface area (Å²) in [4.78, 5) is 11.2. The molecule has 126 valence electrons. The zero-order valence-electron chi connectivity index (χ0n) is 13.3. The molecule has 1 aromatic carbocycles. The van der Waals surface area contributed by atoms with Gasteiger partial charge in [0.25, 0.3) is 0 Å². The van der Waals surface area contributed by atoms with Crippen LogP contribution in [0.5, 0.6) is 5.75 Å². The first kappa shape index (κ1) is 16.3. The van der Waals surface area contributed by atoms with E-state index in [2.05, 4.69) is 0 Å². The fraction of sp³-hybridized carbons (Fsp3) is 0.562. The van der Waals surface area contributed by atoms with Gasteiger partial charge in [0.2, 0.25) is 10.0 Å². The molecule has 3 rings (SSSR count). The van der Waals surface area contributed by atoms with Crippen molar-refractivity contribution in [2.24, 2.45) is 5.92 Å². The van der Waals surface area contributed by atoms with Crippen LogP contribution in [0.25, 0.3) is 0 Å². The quantitative estimate of drug-likeness (QED) is 0.909. The molecule has 0 aliphatic carbocycles. The van der Waals surface area contributed by atoms with Crippen molar-refractivity contribution in [3.63, 3.8) is 0 Å². The fourth-order valence-electron chi connectivity index (χ4n) is 3.24. The van der Waals surface area contributed by atoms with Gasteiger partial charge in [-0.25, -0.2) is 8.42 Å². The lowest BCUT2D eigenvalue weighted by atomic mass is 9.99. The standard InChI is InChI=1S/C16H21NO5S/c1-16(2)10-12-9-13(3-4-14(12)22-16)23(20,21)17-7-5-11(6-8-17)15(18)19/h3-4,9,11H,5-8,10H2,1-2H3,(H,18,19). The minimum Gasteiger partial charge on any atom is -0.487 e. The van der Waals surface area contributed by atoms with Crippen LogP contribution >= 0.6 is 0 Å². The van der Waals surface area contributed by atoms with E-state index in [1.54, 1.807) is 18.2 Å². The summed E-state index contributed by atoms with van der Waals surface area (Å²) in [5.41, 5.74) is 0.585. The molecule has 2 heterocycles. The first-order valence-electron chi connectivity index (χ1n) is 7.74. The van der Waals surface area contributed by atoms with E-state index < -0.39 is 21.9 Å². The van der Waals surface area contributed by atoms with Crippen LogP contribution in [-0.4, -0.2) is 42.5 Å². The van der Waals surface area contributed by atoms with Crippen molar-refractivity contribution in [1.29, 1.82) is 0 Å². The van der Waals surface area contributed by atoms with Crippen LogP contribution in [0.2, 0.25) is 0 Å². The molecule has 0 atom stereocenters. The number of benzene rings is 1. The van der Waals surface area contributed by atoms with Gasteiger partial charge in [0.1, 0.15) is 11.4 Å². The first-order chi connectivity index (χ1) is 10.7. The summed E-state index contributed by atoms with van der Waals surface area (Å²) in [6.07, 6.45) is 1.39. The van der Waals surface area contributed by atoms with Gasteiger partial charge in [-0.3, -0.25) is 4.79 Å². The summed E-state index contributed by atoms with van der Waals surface area (Å²) in [7, 11) is -3.59. The topological polar surface area (TPSA) is 83.9 Å². The lowest BCUT2D eigenvalue weighted by Gasteiger charge is -2.29. The van der Waals surface area contributed by atoms with Crippen LogP contribution in [0.4, 0.5) is 0 Å². The molecule has 0 radical (unpaired) electrons. The summed E-state index contributed by atoms with van der Waals surface area (Å²) >= 11 is 0. The Hall–Kier alpha value is -1.60. The summed E-state index contributed by atoms with van der Waals surface area (Å²) in [5, 5.41) is 9.02. The Labute approximate surface area is 136 Å². The highest BCUT2D eigenvalue weighted by molar-refractivity contribution is 7.89. The van der Waals surface area contributed by atoms with Crippen LogP contribution in [0, 0.1) is 5.92 Å². The molecule has 1 saturated heterocycles. The van der Waals surface area contributed by atoms with Gasteiger partial charge in [-0.2, -0.15) is 4.31 Å². The molecule has 6 nitrogen and oxygen atoms in total. The largest absolute Gasteiger partial charge is 0.487 e. The van der Waals surface area contributed by atoms with Gasteiger partial charge in [-0.1, -0.05) is 0 Å². The third kappa shape index (κ3) is 3.07. The van der Waals surface area contributed by atoms with Crippen LogP contribution in [0.15, 0.2) is 23.1 Å². The number of sulfonamides is 1. The minimum absolute atomic E-state index is 0.248. The minimum atomic E-state index is -3.59. The second-order valence-electron chi connectivity index (χ2n) is 6.82. The number of aliphatic carboxylic acids is 1. The highest BCUT2D eigenvalue weighted by atomic mass is 32.2. The number of carbonyl (C=O) groups is 1. The van der Waals surface area contributed by atoms with Gasteiger partial charge < -0.3 is 9.84 Å². The number of rotatable bonds is 3. The predicted octanol–water partition coefficient (Wildman–Crippen LogP) is 1.89. The van der Waals surface area contributed by atoms with Crippen LogP contribution < -0.4 is 4.74 Å². The van der Waals surface area contributed by atoms with Gasteiger partial charge >= 0.3 is 5.97 Å². The summed E-state index contributed by atoms with van der Waals surface area (Å²) in [5.74, 6) is -0.562. The number of carboxylic acids is 1. The lowest BCUT2D eigenvalue weighted by Crippen LogP contribution is -2.40. The molecule has 0 amide bonds. The number of fused-ring (bicyclic) bond motifs is 1. The van der Waals surface area contributed by atoms with Gasteiger partial charge in [-0.05, 0) is 50.5 Å². The SMILES string of the molecule is CC1(C)Cc2cc(S(=O)(=O)N3CCC(C(=O)O)CC3)ccc2O1. The third-order valence-electron chi connectivity index (χ3n) is 4.48. The van der Waals surface area contributed by atoms with Crippen molar-refractivity contribution in [3.05, 3.63) is 23.8 Å². The Morgan fingerprint density at radius 1 is 1.30 bits per heavy atom. The fourth-order valence-corrected chi connectivity index (χ4v) is 4.76. The molecule has 0 aromatic heterocycles. The zero-order chi connectivity index (χ0) is 16.8. The van der Waals surface area contributed by atoms with E-state index in [4.69, 9.17) is 9.84 Å². The molecule has 0 bridgehead atoms. The average molecular weight is 339 g/mol. The van der Waals surface area contributed by atoms with E-state index in [-0.39, 0.29) is 23.6 Å². The zero-order valence-corrected chi connectivity index (χ0v) is 14.1. The molecule has 7 heteroatoms. The smallest absolute Gasteiger partial charge is 0.306 e. The number of hydrogen-bond acceptors (Lipinski definition) is 4. The molecule has 1 fully saturated rings. The molecule has 2 aliphatic heterocycles. The molecular formula is C16H21NO5S. The van der Waals surface area contributed by atoms with E-state index in [1.807, 2.05) is 13.8 Å². The Balaban J connectivity index is 1.81. The second-order valence-corrected chi connectivity index (χ2v) is 8.76. The number of nitrogens with zero attached hydrogens (tertiary/aromatic N) is 1. The van der Waals surface area contributed by atoms with Crippen molar-refractivity contribution in [2.45, 2.75) is 43.6 Å². The second kappa shape index (κ2) is 5.49. The molecule has 1 N–H and O–H groups in total. The molecule has 0 saturated carbocycles. The van der Waals surface area contributed by atoms with Gasteiger partial charge in [0.05, 0.1) is 10.8 Å². The molecule has 0 spiro atoms. The Kier molecular flexibility index (Phi) is 3.88. The van der Waals surface area contributed by atoms with Gasteiger partial charge in [0, 0.05) is 19.5 Å². The van der Waals surface area contributed by atoms with E-state index in [0.29, 0.717) is 19.3 Å². The van der Waals surface area contributed by atoms with E-state index in [9.17, 15) is 13.2 Å². The Morgan fingerprint density at radius 2 is 1.96 bits per heavy atom. The van der Waals surface area contributed by atoms with Crippen molar-refractivity contribution >= 4 is 16.0 Å². The predicted molar refractivity (Wildman–Crippen MR) is 84.0 cm³/mol. The number of piperidine rings is 1. The van der Waals surface area contributed by atoms with E-state index in [1.165, 1.54) is 4.31 Å². The molecular weight excluding hydrogens is 318 g/mol. The maximum absolute atomic E-state index is 12.8. The number of ether oxygens (including phenoxy) is 1. The first-order valence-corrected chi connectivity index (χ1v) is 9.18. The molecule has 0 unspecified atom stereocenters. The lowest BCUT2D eigenvalue weighted by molar-refractivity contribution is -0.142. The molecule has 23 heavy (non-hydrogen) atoms. The van der Waals surface area contributed by atoms with Crippen LogP contribution in [0.1, 0.15) is 32.3 Å². The summed E-state index contributed by atoms with van der Waals surface area (Å²) in [6, 6.07) is 4.96. The van der Waals surface area contributed by atoms with Crippen molar-refractivity contribution in [3.8, 4) is 5.75 Å². The number of carboxylic acid groups (broad SMARTS) is 1. The number of hydrogen-bond donors (Lipinski definition) is 1. The normalized spacial score (nSPS) is 21.7.